The summed E-state index contributed by atoms with van der Waals surface area (Å²) in [6.07, 6.45) is 2.69. The summed E-state index contributed by atoms with van der Waals surface area (Å²) in [5.41, 5.74) is 2.10. The summed E-state index contributed by atoms with van der Waals surface area (Å²) in [5.74, 6) is -1.31. The van der Waals surface area contributed by atoms with Gasteiger partial charge in [0.05, 0.1) is 17.5 Å². The molecule has 1 amide bonds. The molecule has 44 heavy (non-hydrogen) atoms. The van der Waals surface area contributed by atoms with E-state index < -0.39 is 39.5 Å². The minimum absolute atomic E-state index is 0.107. The molecule has 0 aliphatic heterocycles. The Morgan fingerprint density at radius 2 is 1.45 bits per heavy atom. The molecule has 4 aromatic rings. The van der Waals surface area contributed by atoms with Gasteiger partial charge in [0.25, 0.3) is 11.5 Å². The number of unbranched alkanes of at least 4 members (excludes halogenated alkanes) is 1. The second kappa shape index (κ2) is 15.3. The van der Waals surface area contributed by atoms with Gasteiger partial charge in [-0.05, 0) is 68.5 Å². The maximum Gasteiger partial charge on any atom is 0.328 e. The molecular weight excluding hydrogens is 578 g/mol. The number of pyridine rings is 1. The number of carbonyl (C=O) groups excluding carboxylic acids is 2. The molecule has 0 fully saturated rings. The van der Waals surface area contributed by atoms with Gasteiger partial charge in [-0.15, -0.1) is 0 Å². The standard InChI is InChI=1S/C34H37N3O6S/c1-3-43-34(40)30(18-10-11-23-35-44(41,42)28-21-19-25(2)20-22-28)36-32(38)29-17-12-24-37(33(29)39)31(26-13-6-4-7-14-26)27-15-8-5-9-16-27/h4-9,12-17,19-22,24,30-31,35H,3,10-11,18,23H2,1-2H3,(H,36,38)/t30-/m0/s1. The smallest absolute Gasteiger partial charge is 0.328 e. The number of nitrogens with zero attached hydrogens (tertiary/aromatic N) is 1. The van der Waals surface area contributed by atoms with E-state index in [1.807, 2.05) is 67.6 Å². The maximum absolute atomic E-state index is 13.7. The van der Waals surface area contributed by atoms with Crippen molar-refractivity contribution in [2.75, 3.05) is 13.2 Å². The van der Waals surface area contributed by atoms with E-state index in [1.165, 1.54) is 10.6 Å². The summed E-state index contributed by atoms with van der Waals surface area (Å²) in [5, 5.41) is 2.68. The average molecular weight is 616 g/mol. The number of amides is 1. The van der Waals surface area contributed by atoms with Gasteiger partial charge in [0.15, 0.2) is 0 Å². The van der Waals surface area contributed by atoms with Crippen LogP contribution in [-0.2, 0) is 19.6 Å². The van der Waals surface area contributed by atoms with E-state index >= 15 is 0 Å². The maximum atomic E-state index is 13.7. The van der Waals surface area contributed by atoms with Crippen molar-refractivity contribution in [1.82, 2.24) is 14.6 Å². The van der Waals surface area contributed by atoms with Crippen molar-refractivity contribution in [2.45, 2.75) is 50.1 Å². The molecular formula is C34H37N3O6S. The molecule has 0 spiro atoms. The minimum Gasteiger partial charge on any atom is -0.464 e. The zero-order valence-electron chi connectivity index (χ0n) is 24.8. The van der Waals surface area contributed by atoms with Crippen LogP contribution in [0, 0.1) is 6.92 Å². The lowest BCUT2D eigenvalue weighted by Crippen LogP contribution is -2.44. The molecule has 0 saturated carbocycles. The van der Waals surface area contributed by atoms with Gasteiger partial charge in [0, 0.05) is 12.7 Å². The number of benzene rings is 3. The molecule has 1 atom stereocenters. The number of hydrogen-bond acceptors (Lipinski definition) is 6. The Balaban J connectivity index is 1.47. The van der Waals surface area contributed by atoms with Gasteiger partial charge in [0.1, 0.15) is 11.6 Å². The van der Waals surface area contributed by atoms with Crippen molar-refractivity contribution in [3.63, 3.8) is 0 Å². The van der Waals surface area contributed by atoms with Crippen LogP contribution in [0.15, 0.2) is 113 Å². The summed E-state index contributed by atoms with van der Waals surface area (Å²) in [6.45, 7) is 3.82. The van der Waals surface area contributed by atoms with Gasteiger partial charge in [-0.25, -0.2) is 17.9 Å². The summed E-state index contributed by atoms with van der Waals surface area (Å²) >= 11 is 0. The van der Waals surface area contributed by atoms with E-state index in [9.17, 15) is 22.8 Å². The largest absolute Gasteiger partial charge is 0.464 e. The number of aromatic nitrogens is 1. The van der Waals surface area contributed by atoms with Crippen molar-refractivity contribution in [2.24, 2.45) is 0 Å². The third-order valence-electron chi connectivity index (χ3n) is 7.15. The molecule has 2 N–H and O–H groups in total. The quantitative estimate of drug-likeness (QED) is 0.158. The van der Waals surface area contributed by atoms with Crippen LogP contribution < -0.4 is 15.6 Å². The Kier molecular flexibility index (Phi) is 11.2. The number of rotatable bonds is 14. The fourth-order valence-electron chi connectivity index (χ4n) is 4.88. The Bertz CT molecular complexity index is 1670. The number of nitrogens with one attached hydrogen (secondary N) is 2. The molecule has 1 aromatic heterocycles. The van der Waals surface area contributed by atoms with Crippen LogP contribution in [0.1, 0.15) is 59.3 Å². The third kappa shape index (κ3) is 8.30. The van der Waals surface area contributed by atoms with E-state index in [4.69, 9.17) is 4.74 Å². The van der Waals surface area contributed by atoms with Crippen LogP contribution in [0.3, 0.4) is 0 Å². The first kappa shape index (κ1) is 32.4. The fraction of sp³-hybridized carbons (Fsp3) is 0.265. The second-order valence-electron chi connectivity index (χ2n) is 10.3. The first-order valence-corrected chi connectivity index (χ1v) is 16.0. The highest BCUT2D eigenvalue weighted by Gasteiger charge is 2.26. The van der Waals surface area contributed by atoms with Crippen molar-refractivity contribution in [1.29, 1.82) is 0 Å². The SMILES string of the molecule is CCOC(=O)[C@H](CCCCNS(=O)(=O)c1ccc(C)cc1)NC(=O)c1cccn(C(c2ccccc2)c2ccccc2)c1=O. The first-order chi connectivity index (χ1) is 21.2. The van der Waals surface area contributed by atoms with Crippen LogP contribution in [0.5, 0.6) is 0 Å². The van der Waals surface area contributed by atoms with E-state index in [0.29, 0.717) is 12.8 Å². The third-order valence-corrected chi connectivity index (χ3v) is 8.62. The Morgan fingerprint density at radius 3 is 2.05 bits per heavy atom. The molecule has 1 heterocycles. The summed E-state index contributed by atoms with van der Waals surface area (Å²) in [4.78, 5) is 40.1. The number of carbonyl (C=O) groups is 2. The van der Waals surface area contributed by atoms with Crippen molar-refractivity contribution in [3.8, 4) is 0 Å². The lowest BCUT2D eigenvalue weighted by molar-refractivity contribution is -0.145. The van der Waals surface area contributed by atoms with Crippen molar-refractivity contribution >= 4 is 21.9 Å². The molecule has 0 radical (unpaired) electrons. The molecule has 4 rings (SSSR count). The van der Waals surface area contributed by atoms with Gasteiger partial charge >= 0.3 is 5.97 Å². The lowest BCUT2D eigenvalue weighted by atomic mass is 9.98. The lowest BCUT2D eigenvalue weighted by Gasteiger charge is -2.22. The molecule has 0 aliphatic rings. The fourth-order valence-corrected chi connectivity index (χ4v) is 5.95. The van der Waals surface area contributed by atoms with Crippen LogP contribution in [0.4, 0.5) is 0 Å². The predicted molar refractivity (Wildman–Crippen MR) is 169 cm³/mol. The number of esters is 1. The number of sulfonamides is 1. The summed E-state index contributed by atoms with van der Waals surface area (Å²) < 4.78 is 34.4. The zero-order valence-corrected chi connectivity index (χ0v) is 25.6. The highest BCUT2D eigenvalue weighted by molar-refractivity contribution is 7.89. The number of ether oxygens (including phenoxy) is 1. The molecule has 3 aromatic carbocycles. The normalized spacial score (nSPS) is 12.1. The van der Waals surface area contributed by atoms with E-state index in [0.717, 1.165) is 16.7 Å². The molecule has 0 bridgehead atoms. The first-order valence-electron chi connectivity index (χ1n) is 14.6. The second-order valence-corrected chi connectivity index (χ2v) is 12.1. The van der Waals surface area contributed by atoms with Gasteiger partial charge in [-0.2, -0.15) is 0 Å². The van der Waals surface area contributed by atoms with Gasteiger partial charge in [-0.3, -0.25) is 9.59 Å². The summed E-state index contributed by atoms with van der Waals surface area (Å²) in [7, 11) is -3.66. The minimum atomic E-state index is -3.66. The topological polar surface area (TPSA) is 124 Å². The average Bonchev–Trinajstić information content (AvgIpc) is 3.02. The van der Waals surface area contributed by atoms with Crippen LogP contribution in [0.2, 0.25) is 0 Å². The Labute approximate surface area is 258 Å². The van der Waals surface area contributed by atoms with Crippen molar-refractivity contribution < 1.29 is 22.7 Å². The highest BCUT2D eigenvalue weighted by atomic mass is 32.2. The van der Waals surface area contributed by atoms with E-state index in [-0.39, 0.29) is 30.0 Å². The summed E-state index contributed by atoms with van der Waals surface area (Å²) in [6, 6.07) is 27.2. The van der Waals surface area contributed by atoms with Gasteiger partial charge < -0.3 is 14.6 Å². The molecule has 10 heteroatoms. The number of hydrogen-bond donors (Lipinski definition) is 2. The predicted octanol–water partition coefficient (Wildman–Crippen LogP) is 4.60. The van der Waals surface area contributed by atoms with Crippen LogP contribution >= 0.6 is 0 Å². The van der Waals surface area contributed by atoms with Gasteiger partial charge in [-0.1, -0.05) is 78.4 Å². The monoisotopic (exact) mass is 615 g/mol. The molecule has 0 saturated heterocycles. The Morgan fingerprint density at radius 1 is 0.841 bits per heavy atom. The molecule has 9 nitrogen and oxygen atoms in total. The van der Waals surface area contributed by atoms with Gasteiger partial charge in [0.2, 0.25) is 10.0 Å². The number of aryl methyl sites for hydroxylation is 1. The molecule has 230 valence electrons. The van der Waals surface area contributed by atoms with Crippen LogP contribution in [-0.4, -0.2) is 44.1 Å². The van der Waals surface area contributed by atoms with E-state index in [1.54, 1.807) is 43.5 Å². The van der Waals surface area contributed by atoms with E-state index in [2.05, 4.69) is 10.0 Å². The Hall–Kier alpha value is -4.54. The van der Waals surface area contributed by atoms with Crippen LogP contribution in [0.25, 0.3) is 0 Å². The highest BCUT2D eigenvalue weighted by Crippen LogP contribution is 2.25. The van der Waals surface area contributed by atoms with Crippen molar-refractivity contribution in [3.05, 3.63) is 136 Å². The molecule has 0 unspecified atom stereocenters. The molecule has 0 aliphatic carbocycles. The zero-order chi connectivity index (χ0) is 31.5.